The maximum atomic E-state index is 10.8. The molecule has 0 aliphatic carbocycles. The summed E-state index contributed by atoms with van der Waals surface area (Å²) in [6.45, 7) is 3.23. The van der Waals surface area contributed by atoms with Crippen LogP contribution in [-0.4, -0.2) is 60.8 Å². The Morgan fingerprint density at radius 2 is 2.10 bits per heavy atom. The second-order valence-electron chi connectivity index (χ2n) is 4.58. The van der Waals surface area contributed by atoms with Crippen molar-refractivity contribution in [1.82, 2.24) is 9.80 Å². The van der Waals surface area contributed by atoms with Crippen molar-refractivity contribution in [3.63, 3.8) is 0 Å². The highest BCUT2D eigenvalue weighted by atomic mass is 16.5. The molecule has 1 fully saturated rings. The van der Waals surface area contributed by atoms with Gasteiger partial charge < -0.3 is 14.7 Å². The predicted octanol–water partition coefficient (Wildman–Crippen LogP) is 1.34. The molecule has 20 heavy (non-hydrogen) atoms. The average Bonchev–Trinajstić information content (AvgIpc) is 2.48. The lowest BCUT2D eigenvalue weighted by atomic mass is 10.2. The number of hydrogen-bond donors (Lipinski definition) is 1. The first-order valence-electron chi connectivity index (χ1n) is 6.52. The van der Waals surface area contributed by atoms with E-state index in [9.17, 15) is 4.79 Å². The predicted molar refractivity (Wildman–Crippen MR) is 75.9 cm³/mol. The number of ether oxygens (including phenoxy) is 1. The molecule has 0 saturated carbocycles. The van der Waals surface area contributed by atoms with Crippen molar-refractivity contribution in [2.75, 3.05) is 39.8 Å². The Morgan fingerprint density at radius 1 is 1.35 bits per heavy atom. The Kier molecular flexibility index (Phi) is 4.85. The zero-order valence-corrected chi connectivity index (χ0v) is 11.5. The zero-order chi connectivity index (χ0) is 14.4. The Balaban J connectivity index is 1.84. The maximum Gasteiger partial charge on any atom is 0.407 e. The summed E-state index contributed by atoms with van der Waals surface area (Å²) in [5, 5.41) is 8.87. The van der Waals surface area contributed by atoms with E-state index in [0.29, 0.717) is 19.6 Å². The number of amides is 1. The molecular weight excluding hydrogens is 256 g/mol. The van der Waals surface area contributed by atoms with Crippen molar-refractivity contribution in [3.8, 4) is 17.6 Å². The van der Waals surface area contributed by atoms with E-state index in [2.05, 4.69) is 16.7 Å². The molecular formula is C15H18N2O3. The van der Waals surface area contributed by atoms with Crippen LogP contribution in [0.2, 0.25) is 0 Å². The van der Waals surface area contributed by atoms with Gasteiger partial charge in [0, 0.05) is 31.7 Å². The number of benzene rings is 1. The lowest BCUT2D eigenvalue weighted by Gasteiger charge is -2.31. The SMILES string of the molecule is COc1cccc(C#CCN2CCN(C(=O)O)CC2)c1. The molecule has 0 radical (unpaired) electrons. The molecule has 0 bridgehead atoms. The van der Waals surface area contributed by atoms with Gasteiger partial charge in [-0.05, 0) is 18.2 Å². The number of piperazine rings is 1. The van der Waals surface area contributed by atoms with Crippen molar-refractivity contribution in [3.05, 3.63) is 29.8 Å². The summed E-state index contributed by atoms with van der Waals surface area (Å²) in [6.07, 6.45) is -0.841. The van der Waals surface area contributed by atoms with Crippen LogP contribution < -0.4 is 4.74 Å². The summed E-state index contributed by atoms with van der Waals surface area (Å²) < 4.78 is 5.15. The minimum absolute atomic E-state index is 0.552. The minimum Gasteiger partial charge on any atom is -0.497 e. The third kappa shape index (κ3) is 3.90. The number of methoxy groups -OCH3 is 1. The van der Waals surface area contributed by atoms with Crippen LogP contribution in [0.5, 0.6) is 5.75 Å². The second kappa shape index (κ2) is 6.83. The lowest BCUT2D eigenvalue weighted by molar-refractivity contribution is 0.111. The minimum atomic E-state index is -0.841. The van der Waals surface area contributed by atoms with Crippen LogP contribution in [0.1, 0.15) is 5.56 Å². The first-order valence-corrected chi connectivity index (χ1v) is 6.52. The van der Waals surface area contributed by atoms with Crippen LogP contribution >= 0.6 is 0 Å². The van der Waals surface area contributed by atoms with E-state index in [4.69, 9.17) is 9.84 Å². The van der Waals surface area contributed by atoms with Gasteiger partial charge in [0.25, 0.3) is 0 Å². The Bertz CT molecular complexity index is 525. The summed E-state index contributed by atoms with van der Waals surface area (Å²) in [6, 6.07) is 7.64. The number of carbonyl (C=O) groups is 1. The van der Waals surface area contributed by atoms with Crippen LogP contribution in [0.4, 0.5) is 4.79 Å². The molecule has 1 aliphatic heterocycles. The van der Waals surface area contributed by atoms with E-state index in [1.807, 2.05) is 24.3 Å². The molecule has 0 aromatic heterocycles. The first kappa shape index (κ1) is 14.2. The van der Waals surface area contributed by atoms with Gasteiger partial charge in [0.2, 0.25) is 0 Å². The maximum absolute atomic E-state index is 10.8. The smallest absolute Gasteiger partial charge is 0.407 e. The van der Waals surface area contributed by atoms with E-state index in [0.717, 1.165) is 24.4 Å². The summed E-state index contributed by atoms with van der Waals surface area (Å²) in [5.74, 6) is 7.02. The molecule has 5 heteroatoms. The van der Waals surface area contributed by atoms with E-state index >= 15 is 0 Å². The molecule has 1 aromatic rings. The molecule has 106 valence electrons. The van der Waals surface area contributed by atoms with Crippen LogP contribution in [0.25, 0.3) is 0 Å². The van der Waals surface area contributed by atoms with E-state index in [-0.39, 0.29) is 0 Å². The van der Waals surface area contributed by atoms with Crippen LogP contribution in [0.3, 0.4) is 0 Å². The third-order valence-electron chi connectivity index (χ3n) is 3.25. The number of nitrogens with zero attached hydrogens (tertiary/aromatic N) is 2. The molecule has 2 rings (SSSR count). The van der Waals surface area contributed by atoms with Crippen molar-refractivity contribution < 1.29 is 14.6 Å². The molecule has 1 aliphatic rings. The molecule has 1 saturated heterocycles. The molecule has 1 aromatic carbocycles. The fourth-order valence-electron chi connectivity index (χ4n) is 2.05. The molecule has 1 amide bonds. The van der Waals surface area contributed by atoms with Gasteiger partial charge in [0.1, 0.15) is 5.75 Å². The lowest BCUT2D eigenvalue weighted by Crippen LogP contribution is -2.48. The Hall–Kier alpha value is -2.19. The zero-order valence-electron chi connectivity index (χ0n) is 11.5. The monoisotopic (exact) mass is 274 g/mol. The molecule has 1 N–H and O–H groups in total. The molecule has 0 unspecified atom stereocenters. The summed E-state index contributed by atoms with van der Waals surface area (Å²) in [5.41, 5.74) is 0.925. The van der Waals surface area contributed by atoms with Gasteiger partial charge in [-0.25, -0.2) is 4.79 Å². The molecule has 5 nitrogen and oxygen atoms in total. The van der Waals surface area contributed by atoms with E-state index in [1.54, 1.807) is 7.11 Å². The van der Waals surface area contributed by atoms with Gasteiger partial charge in [-0.3, -0.25) is 4.90 Å². The quantitative estimate of drug-likeness (QED) is 0.827. The number of carboxylic acid groups (broad SMARTS) is 1. The largest absolute Gasteiger partial charge is 0.497 e. The normalized spacial score (nSPS) is 15.3. The Labute approximate surface area is 118 Å². The number of rotatable bonds is 2. The standard InChI is InChI=1S/C15H18N2O3/c1-20-14-6-2-4-13(12-14)5-3-7-16-8-10-17(11-9-16)15(18)19/h2,4,6,12H,7-11H2,1H3,(H,18,19). The van der Waals surface area contributed by atoms with Crippen LogP contribution in [0, 0.1) is 11.8 Å². The topological polar surface area (TPSA) is 53.0 Å². The van der Waals surface area contributed by atoms with Gasteiger partial charge in [0.05, 0.1) is 13.7 Å². The van der Waals surface area contributed by atoms with Gasteiger partial charge in [-0.2, -0.15) is 0 Å². The van der Waals surface area contributed by atoms with E-state index in [1.165, 1.54) is 4.90 Å². The molecule has 1 heterocycles. The van der Waals surface area contributed by atoms with Crippen molar-refractivity contribution in [1.29, 1.82) is 0 Å². The second-order valence-corrected chi connectivity index (χ2v) is 4.58. The van der Waals surface area contributed by atoms with Gasteiger partial charge in [-0.15, -0.1) is 0 Å². The average molecular weight is 274 g/mol. The Morgan fingerprint density at radius 3 is 2.75 bits per heavy atom. The van der Waals surface area contributed by atoms with Gasteiger partial charge in [0.15, 0.2) is 0 Å². The van der Waals surface area contributed by atoms with Gasteiger partial charge in [-0.1, -0.05) is 17.9 Å². The fraction of sp³-hybridized carbons (Fsp3) is 0.400. The van der Waals surface area contributed by atoms with Gasteiger partial charge >= 0.3 is 6.09 Å². The van der Waals surface area contributed by atoms with Crippen LogP contribution in [-0.2, 0) is 0 Å². The highest BCUT2D eigenvalue weighted by Crippen LogP contribution is 2.11. The number of hydrogen-bond acceptors (Lipinski definition) is 3. The first-order chi connectivity index (χ1) is 9.69. The highest BCUT2D eigenvalue weighted by molar-refractivity contribution is 5.65. The highest BCUT2D eigenvalue weighted by Gasteiger charge is 2.19. The summed E-state index contributed by atoms with van der Waals surface area (Å²) in [7, 11) is 1.63. The van der Waals surface area contributed by atoms with Crippen molar-refractivity contribution >= 4 is 6.09 Å². The third-order valence-corrected chi connectivity index (χ3v) is 3.25. The summed E-state index contributed by atoms with van der Waals surface area (Å²) in [4.78, 5) is 14.4. The van der Waals surface area contributed by atoms with Crippen LogP contribution in [0.15, 0.2) is 24.3 Å². The summed E-state index contributed by atoms with van der Waals surface area (Å²) >= 11 is 0. The fourth-order valence-corrected chi connectivity index (χ4v) is 2.05. The molecule has 0 atom stereocenters. The van der Waals surface area contributed by atoms with E-state index < -0.39 is 6.09 Å². The molecule has 0 spiro atoms. The van der Waals surface area contributed by atoms with Crippen molar-refractivity contribution in [2.24, 2.45) is 0 Å². The van der Waals surface area contributed by atoms with Crippen molar-refractivity contribution in [2.45, 2.75) is 0 Å².